The van der Waals surface area contributed by atoms with Gasteiger partial charge in [0.15, 0.2) is 5.82 Å². The molecule has 2 aromatic rings. The summed E-state index contributed by atoms with van der Waals surface area (Å²) in [5.41, 5.74) is 0.219. The van der Waals surface area contributed by atoms with Gasteiger partial charge in [-0.2, -0.15) is 4.39 Å². The largest absolute Gasteiger partial charge is 0.481 e. The molecule has 1 N–H and O–H groups in total. The van der Waals surface area contributed by atoms with Crippen molar-refractivity contribution in [1.82, 2.24) is 34.9 Å². The molecule has 0 aliphatic carbocycles. The second-order valence-electron chi connectivity index (χ2n) is 9.35. The number of likely N-dealkylation sites (tertiary alicyclic amines) is 1. The minimum absolute atomic E-state index is 0.0350. The molecular weight excluding hydrogens is 495 g/mol. The van der Waals surface area contributed by atoms with Gasteiger partial charge in [-0.3, -0.25) is 14.6 Å². The standard InChI is InChI=1S/C25H31FN8O4/c1-2-38-23(37)19-20(21-27-9-7-10-28-21)34(32-15-5-6-16-32)25(26,17-18(35)36)33(24-29-11-8-12-30-24)22(19)31-13-3-4-14-31/h7-12,22H,2-6,13-17H2,1H3,(H,35,36). The number of aromatic nitrogens is 4. The van der Waals surface area contributed by atoms with Gasteiger partial charge in [0, 0.05) is 51.0 Å². The van der Waals surface area contributed by atoms with E-state index in [4.69, 9.17) is 4.74 Å². The molecule has 0 aromatic carbocycles. The van der Waals surface area contributed by atoms with Crippen molar-refractivity contribution in [3.8, 4) is 0 Å². The van der Waals surface area contributed by atoms with Crippen molar-refractivity contribution in [1.29, 1.82) is 0 Å². The minimum Gasteiger partial charge on any atom is -0.481 e. The minimum atomic E-state index is -2.70. The number of rotatable bonds is 8. The highest BCUT2D eigenvalue weighted by molar-refractivity contribution is 5.99. The fraction of sp³-hybridized carbons (Fsp3) is 0.520. The molecule has 13 heteroatoms. The van der Waals surface area contributed by atoms with E-state index in [-0.39, 0.29) is 29.6 Å². The Bertz CT molecular complexity index is 1170. The first-order valence-electron chi connectivity index (χ1n) is 12.9. The van der Waals surface area contributed by atoms with Gasteiger partial charge >= 0.3 is 11.9 Å². The summed E-state index contributed by atoms with van der Waals surface area (Å²) in [6.45, 7) is 3.83. The van der Waals surface area contributed by atoms with Crippen LogP contribution in [0.2, 0.25) is 0 Å². The number of esters is 1. The van der Waals surface area contributed by atoms with Crippen LogP contribution in [0.1, 0.15) is 44.9 Å². The lowest BCUT2D eigenvalue weighted by atomic mass is 9.99. The van der Waals surface area contributed by atoms with Crippen molar-refractivity contribution < 1.29 is 23.8 Å². The maximum Gasteiger partial charge on any atom is 0.339 e. The summed E-state index contributed by atoms with van der Waals surface area (Å²) in [4.78, 5) is 46.7. The van der Waals surface area contributed by atoms with E-state index in [2.05, 4.69) is 19.9 Å². The van der Waals surface area contributed by atoms with E-state index in [0.717, 1.165) is 25.7 Å². The van der Waals surface area contributed by atoms with E-state index >= 15 is 4.39 Å². The molecule has 5 rings (SSSR count). The Morgan fingerprint density at radius 1 is 1.00 bits per heavy atom. The second-order valence-corrected chi connectivity index (χ2v) is 9.35. The van der Waals surface area contributed by atoms with Crippen LogP contribution in [0, 0.1) is 0 Å². The number of nitrogens with zero attached hydrogens (tertiary/aromatic N) is 8. The summed E-state index contributed by atoms with van der Waals surface area (Å²) >= 11 is 0. The van der Waals surface area contributed by atoms with E-state index < -0.39 is 30.4 Å². The number of carbonyl (C=O) groups is 2. The number of carbonyl (C=O) groups excluding carboxylic acids is 1. The van der Waals surface area contributed by atoms with Crippen LogP contribution in [0.5, 0.6) is 0 Å². The molecule has 2 saturated heterocycles. The zero-order chi connectivity index (χ0) is 26.7. The lowest BCUT2D eigenvalue weighted by Crippen LogP contribution is -2.72. The van der Waals surface area contributed by atoms with E-state index in [1.165, 1.54) is 34.7 Å². The zero-order valence-electron chi connectivity index (χ0n) is 21.2. The van der Waals surface area contributed by atoms with Crippen LogP contribution < -0.4 is 4.90 Å². The first-order chi connectivity index (χ1) is 18.5. The van der Waals surface area contributed by atoms with Crippen LogP contribution >= 0.6 is 0 Å². The number of aliphatic carboxylic acids is 1. The fourth-order valence-electron chi connectivity index (χ4n) is 5.49. The Kier molecular flexibility index (Phi) is 7.47. The van der Waals surface area contributed by atoms with Crippen LogP contribution in [0.3, 0.4) is 0 Å². The molecule has 0 saturated carbocycles. The van der Waals surface area contributed by atoms with Gasteiger partial charge in [-0.1, -0.05) is 0 Å². The monoisotopic (exact) mass is 526 g/mol. The Morgan fingerprint density at radius 3 is 2.16 bits per heavy atom. The van der Waals surface area contributed by atoms with E-state index in [0.29, 0.717) is 26.2 Å². The normalized spacial score (nSPS) is 24.7. The molecule has 12 nitrogen and oxygen atoms in total. The van der Waals surface area contributed by atoms with Crippen molar-refractivity contribution >= 4 is 23.6 Å². The number of ether oxygens (including phenoxy) is 1. The zero-order valence-corrected chi connectivity index (χ0v) is 21.2. The Balaban J connectivity index is 1.87. The van der Waals surface area contributed by atoms with Gasteiger partial charge in [-0.25, -0.2) is 34.7 Å². The number of alkyl halides is 1. The summed E-state index contributed by atoms with van der Waals surface area (Å²) < 4.78 is 23.6. The molecule has 0 amide bonds. The van der Waals surface area contributed by atoms with Gasteiger partial charge < -0.3 is 9.84 Å². The predicted octanol–water partition coefficient (Wildman–Crippen LogP) is 1.89. The second kappa shape index (κ2) is 11.0. The van der Waals surface area contributed by atoms with E-state index in [1.807, 2.05) is 4.90 Å². The summed E-state index contributed by atoms with van der Waals surface area (Å²) in [6, 6.07) is 3.22. The van der Waals surface area contributed by atoms with E-state index in [9.17, 15) is 14.7 Å². The van der Waals surface area contributed by atoms with Gasteiger partial charge in [-0.15, -0.1) is 0 Å². The van der Waals surface area contributed by atoms with E-state index in [1.54, 1.807) is 24.1 Å². The van der Waals surface area contributed by atoms with Crippen molar-refractivity contribution in [3.63, 3.8) is 0 Å². The highest BCUT2D eigenvalue weighted by atomic mass is 19.2. The van der Waals surface area contributed by atoms with Crippen LogP contribution in [0.4, 0.5) is 10.3 Å². The van der Waals surface area contributed by atoms with Crippen molar-refractivity contribution in [3.05, 3.63) is 48.3 Å². The Labute approximate surface area is 219 Å². The van der Waals surface area contributed by atoms with Crippen LogP contribution in [-0.2, 0) is 14.3 Å². The van der Waals surface area contributed by atoms with Crippen LogP contribution in [-0.4, -0.2) is 96.8 Å². The molecule has 3 aliphatic rings. The maximum atomic E-state index is 18.0. The fourth-order valence-corrected chi connectivity index (χ4v) is 5.49. The Morgan fingerprint density at radius 2 is 1.58 bits per heavy atom. The van der Waals surface area contributed by atoms with Gasteiger partial charge in [-0.05, 0) is 44.7 Å². The number of carboxylic acid groups (broad SMARTS) is 1. The highest BCUT2D eigenvalue weighted by Gasteiger charge is 2.60. The van der Waals surface area contributed by atoms with Crippen molar-refractivity contribution in [2.24, 2.45) is 0 Å². The first-order valence-corrected chi connectivity index (χ1v) is 12.9. The third-order valence-corrected chi connectivity index (χ3v) is 6.93. The summed E-state index contributed by atoms with van der Waals surface area (Å²) in [7, 11) is 0. The molecule has 3 aliphatic heterocycles. The Hall–Kier alpha value is -3.71. The predicted molar refractivity (Wildman–Crippen MR) is 133 cm³/mol. The highest BCUT2D eigenvalue weighted by Crippen LogP contribution is 2.47. The first kappa shape index (κ1) is 25.9. The number of hydrogen-bond acceptors (Lipinski definition) is 11. The van der Waals surface area contributed by atoms with Crippen molar-refractivity contribution in [2.45, 2.75) is 51.1 Å². The number of carboxylic acids is 1. The molecule has 0 radical (unpaired) electrons. The SMILES string of the molecule is CCOC(=O)C1=C(c2ncccn2)N(N2CCCC2)C(F)(CC(=O)O)N(c2ncccn2)C1N1CCCC1. The average molecular weight is 527 g/mol. The molecule has 0 spiro atoms. The molecule has 202 valence electrons. The number of hydrazine groups is 1. The lowest BCUT2D eigenvalue weighted by molar-refractivity contribution is -0.165. The quantitative estimate of drug-likeness (QED) is 0.398. The van der Waals surface area contributed by atoms with Gasteiger partial charge in [0.2, 0.25) is 5.95 Å². The average Bonchev–Trinajstić information content (AvgIpc) is 3.63. The molecule has 2 atom stereocenters. The molecule has 38 heavy (non-hydrogen) atoms. The molecule has 5 heterocycles. The molecular formula is C25H31FN8O4. The molecule has 2 fully saturated rings. The number of halogens is 1. The summed E-state index contributed by atoms with van der Waals surface area (Å²) in [6.07, 6.45) is 7.18. The van der Waals surface area contributed by atoms with Gasteiger partial charge in [0.05, 0.1) is 6.61 Å². The summed E-state index contributed by atoms with van der Waals surface area (Å²) in [5, 5.41) is 13.0. The molecule has 2 aromatic heterocycles. The van der Waals surface area contributed by atoms with Crippen LogP contribution in [0.15, 0.2) is 42.5 Å². The molecule has 2 unspecified atom stereocenters. The van der Waals surface area contributed by atoms with Gasteiger partial charge in [0.25, 0.3) is 5.92 Å². The molecule has 0 bridgehead atoms. The smallest absolute Gasteiger partial charge is 0.339 e. The maximum absolute atomic E-state index is 18.0. The lowest BCUT2D eigenvalue weighted by Gasteiger charge is -2.56. The third-order valence-electron chi connectivity index (χ3n) is 6.93. The number of anilines is 1. The number of hydrogen-bond donors (Lipinski definition) is 1. The van der Waals surface area contributed by atoms with Crippen molar-refractivity contribution in [2.75, 3.05) is 37.7 Å². The topological polar surface area (TPSA) is 128 Å². The van der Waals surface area contributed by atoms with Crippen LogP contribution in [0.25, 0.3) is 5.70 Å². The summed E-state index contributed by atoms with van der Waals surface area (Å²) in [5.74, 6) is -4.64. The van der Waals surface area contributed by atoms with Gasteiger partial charge in [0.1, 0.15) is 23.9 Å². The third kappa shape index (κ3) is 4.67.